The number of halogens is 1. The molecule has 4 nitrogen and oxygen atoms in total. The second kappa shape index (κ2) is 4.70. The van der Waals surface area contributed by atoms with Gasteiger partial charge in [-0.05, 0) is 30.1 Å². The van der Waals surface area contributed by atoms with Crippen molar-refractivity contribution in [2.75, 3.05) is 6.26 Å². The van der Waals surface area contributed by atoms with Crippen LogP contribution in [0.5, 0.6) is 0 Å². The lowest BCUT2D eigenvalue weighted by Gasteiger charge is -2.10. The topological polar surface area (TPSA) is 56.9 Å². The van der Waals surface area contributed by atoms with Gasteiger partial charge in [0.1, 0.15) is 11.4 Å². The number of nitrogens with zero attached hydrogens (tertiary/aromatic N) is 2. The molecule has 0 amide bonds. The van der Waals surface area contributed by atoms with E-state index in [1.165, 1.54) is 0 Å². The van der Waals surface area contributed by atoms with E-state index in [0.29, 0.717) is 11.5 Å². The van der Waals surface area contributed by atoms with E-state index in [2.05, 4.69) is 20.9 Å². The highest BCUT2D eigenvalue weighted by Crippen LogP contribution is 2.20. The second-order valence-electron chi connectivity index (χ2n) is 3.79. The molecule has 0 saturated carbocycles. The summed E-state index contributed by atoms with van der Waals surface area (Å²) in [6.45, 7) is 1.74. The molecule has 1 heterocycles. The van der Waals surface area contributed by atoms with E-state index < -0.39 is 10.8 Å². The van der Waals surface area contributed by atoms with Gasteiger partial charge in [0.25, 0.3) is 0 Å². The van der Waals surface area contributed by atoms with Gasteiger partial charge in [0.15, 0.2) is 5.52 Å². The van der Waals surface area contributed by atoms with Gasteiger partial charge in [0, 0.05) is 21.5 Å². The van der Waals surface area contributed by atoms with Crippen molar-refractivity contribution in [3.05, 3.63) is 39.4 Å². The molecule has 0 aliphatic carbocycles. The molecule has 90 valence electrons. The maximum atomic E-state index is 11.9. The maximum Gasteiger partial charge on any atom is 0.314 e. The largest absolute Gasteiger partial charge is 0.711 e. The van der Waals surface area contributed by atoms with Gasteiger partial charge >= 0.3 is 5.82 Å². The molecule has 0 spiro atoms. The van der Waals surface area contributed by atoms with Crippen LogP contribution >= 0.6 is 15.9 Å². The summed E-state index contributed by atoms with van der Waals surface area (Å²) in [4.78, 5) is 4.25. The molecular weight excluding hydrogens is 304 g/mol. The average molecular weight is 315 g/mol. The molecule has 0 aliphatic heterocycles. The molecule has 1 aromatic heterocycles. The van der Waals surface area contributed by atoms with E-state index >= 15 is 0 Å². The standard InChI is InChI=1S/C11H11BrN2O2S/c1-7-9-5-8(12)3-4-10(9)13-11(14(7)15)6-17(2)16/h3-5H,6H2,1-2H3. The van der Waals surface area contributed by atoms with Gasteiger partial charge in [-0.2, -0.15) is 0 Å². The molecule has 1 atom stereocenters. The normalized spacial score (nSPS) is 12.9. The van der Waals surface area contributed by atoms with Crippen LogP contribution in [0.2, 0.25) is 0 Å². The Hall–Kier alpha value is -1.01. The Morgan fingerprint density at radius 3 is 2.88 bits per heavy atom. The number of fused-ring (bicyclic) bond motifs is 1. The van der Waals surface area contributed by atoms with Crippen LogP contribution in [0.15, 0.2) is 22.7 Å². The number of aryl methyl sites for hydroxylation is 1. The third-order valence-electron chi connectivity index (χ3n) is 2.47. The van der Waals surface area contributed by atoms with Crippen molar-refractivity contribution in [2.45, 2.75) is 12.7 Å². The first-order valence-electron chi connectivity index (χ1n) is 4.97. The van der Waals surface area contributed by atoms with Crippen LogP contribution in [0.1, 0.15) is 11.5 Å². The van der Waals surface area contributed by atoms with E-state index in [1.807, 2.05) is 18.2 Å². The zero-order valence-corrected chi connectivity index (χ0v) is 11.8. The maximum absolute atomic E-state index is 11.9. The predicted octanol–water partition coefficient (Wildman–Crippen LogP) is 1.82. The van der Waals surface area contributed by atoms with E-state index in [-0.39, 0.29) is 5.75 Å². The van der Waals surface area contributed by atoms with Gasteiger partial charge in [-0.1, -0.05) is 15.9 Å². The van der Waals surface area contributed by atoms with Crippen LogP contribution in [0, 0.1) is 12.1 Å². The summed E-state index contributed by atoms with van der Waals surface area (Å²) in [5.41, 5.74) is 1.33. The zero-order valence-electron chi connectivity index (χ0n) is 9.44. The Morgan fingerprint density at radius 1 is 1.53 bits per heavy atom. The Balaban J connectivity index is 2.70. The van der Waals surface area contributed by atoms with Crippen molar-refractivity contribution in [3.63, 3.8) is 0 Å². The molecule has 0 N–H and O–H groups in total. The van der Waals surface area contributed by atoms with Crippen LogP contribution in [0.25, 0.3) is 10.9 Å². The monoisotopic (exact) mass is 314 g/mol. The summed E-state index contributed by atoms with van der Waals surface area (Å²) in [5, 5.41) is 12.7. The first kappa shape index (κ1) is 12.4. The predicted molar refractivity (Wildman–Crippen MR) is 70.9 cm³/mol. The summed E-state index contributed by atoms with van der Waals surface area (Å²) < 4.78 is 12.8. The van der Waals surface area contributed by atoms with Gasteiger partial charge in [0.05, 0.1) is 5.39 Å². The Bertz CT molecular complexity index is 616. The highest BCUT2D eigenvalue weighted by Gasteiger charge is 2.16. The molecular formula is C11H11BrN2O2S. The highest BCUT2D eigenvalue weighted by atomic mass is 79.9. The lowest BCUT2D eigenvalue weighted by atomic mass is 10.2. The van der Waals surface area contributed by atoms with E-state index in [9.17, 15) is 9.42 Å². The molecule has 0 saturated heterocycles. The van der Waals surface area contributed by atoms with Crippen LogP contribution < -0.4 is 4.73 Å². The van der Waals surface area contributed by atoms with E-state index in [1.54, 1.807) is 13.2 Å². The van der Waals surface area contributed by atoms with Gasteiger partial charge in [-0.3, -0.25) is 4.21 Å². The minimum absolute atomic E-state index is 0.177. The van der Waals surface area contributed by atoms with Crippen molar-refractivity contribution in [1.82, 2.24) is 4.98 Å². The minimum Gasteiger partial charge on any atom is -0.711 e. The number of benzene rings is 1. The number of aromatic nitrogens is 2. The molecule has 0 radical (unpaired) electrons. The highest BCUT2D eigenvalue weighted by molar-refractivity contribution is 9.10. The Labute approximate surface area is 110 Å². The molecule has 0 fully saturated rings. The fourth-order valence-electron chi connectivity index (χ4n) is 1.66. The lowest BCUT2D eigenvalue weighted by Crippen LogP contribution is -2.37. The van der Waals surface area contributed by atoms with Crippen LogP contribution in [0.4, 0.5) is 0 Å². The quantitative estimate of drug-likeness (QED) is 0.627. The number of rotatable bonds is 2. The van der Waals surface area contributed by atoms with Crippen molar-refractivity contribution in [2.24, 2.45) is 0 Å². The van der Waals surface area contributed by atoms with Gasteiger partial charge in [0.2, 0.25) is 0 Å². The molecule has 17 heavy (non-hydrogen) atoms. The van der Waals surface area contributed by atoms with Crippen molar-refractivity contribution >= 4 is 37.6 Å². The van der Waals surface area contributed by atoms with E-state index in [4.69, 9.17) is 0 Å². The molecule has 0 aliphatic rings. The van der Waals surface area contributed by atoms with Gasteiger partial charge in [-0.15, -0.1) is 0 Å². The average Bonchev–Trinajstić information content (AvgIpc) is 2.26. The fourth-order valence-corrected chi connectivity index (χ4v) is 2.56. The van der Waals surface area contributed by atoms with Gasteiger partial charge < -0.3 is 5.21 Å². The van der Waals surface area contributed by atoms with Gasteiger partial charge in [-0.25, -0.2) is 4.73 Å². The fraction of sp³-hybridized carbons (Fsp3) is 0.273. The molecule has 0 bridgehead atoms. The molecule has 2 aromatic rings. The molecule has 6 heteroatoms. The van der Waals surface area contributed by atoms with Crippen LogP contribution in [0.3, 0.4) is 0 Å². The van der Waals surface area contributed by atoms with Crippen molar-refractivity contribution in [3.8, 4) is 0 Å². The lowest BCUT2D eigenvalue weighted by molar-refractivity contribution is -0.621. The molecule has 2 rings (SSSR count). The summed E-state index contributed by atoms with van der Waals surface area (Å²) in [7, 11) is -1.07. The third kappa shape index (κ3) is 2.47. The van der Waals surface area contributed by atoms with Crippen molar-refractivity contribution in [1.29, 1.82) is 0 Å². The van der Waals surface area contributed by atoms with E-state index in [0.717, 1.165) is 20.1 Å². The first-order valence-corrected chi connectivity index (χ1v) is 7.49. The number of hydrogen-bond acceptors (Lipinski definition) is 3. The Kier molecular flexibility index (Phi) is 3.44. The summed E-state index contributed by atoms with van der Waals surface area (Å²) in [6.07, 6.45) is 1.56. The van der Waals surface area contributed by atoms with Crippen LogP contribution in [-0.2, 0) is 16.6 Å². The number of hydrogen-bond donors (Lipinski definition) is 0. The summed E-state index contributed by atoms with van der Waals surface area (Å²) >= 11 is 3.36. The Morgan fingerprint density at radius 2 is 2.24 bits per heavy atom. The SMILES string of the molecule is Cc1c2cc(Br)ccc2nc(CS(C)=O)[n+]1[O-]. The minimum atomic E-state index is -1.07. The third-order valence-corrected chi connectivity index (χ3v) is 3.63. The molecule has 1 aromatic carbocycles. The zero-order chi connectivity index (χ0) is 12.6. The second-order valence-corrected chi connectivity index (χ2v) is 6.14. The van der Waals surface area contributed by atoms with Crippen LogP contribution in [-0.4, -0.2) is 15.4 Å². The summed E-state index contributed by atoms with van der Waals surface area (Å²) in [6, 6.07) is 5.57. The first-order chi connectivity index (χ1) is 7.99. The molecule has 1 unspecified atom stereocenters. The summed E-state index contributed by atoms with van der Waals surface area (Å²) in [5.74, 6) is 0.481. The smallest absolute Gasteiger partial charge is 0.314 e. The van der Waals surface area contributed by atoms with Crippen molar-refractivity contribution < 1.29 is 8.94 Å².